The summed E-state index contributed by atoms with van der Waals surface area (Å²) in [6.45, 7) is 0.876. The molecule has 0 saturated carbocycles. The van der Waals surface area contributed by atoms with Crippen LogP contribution in [0, 0.1) is 0 Å². The summed E-state index contributed by atoms with van der Waals surface area (Å²) in [5.74, 6) is -1.25. The summed E-state index contributed by atoms with van der Waals surface area (Å²) >= 11 is 0. The minimum atomic E-state index is -4.98. The minimum absolute atomic E-state index is 0.438. The van der Waals surface area contributed by atoms with Gasteiger partial charge in [-0.2, -0.15) is 13.2 Å². The highest BCUT2D eigenvalue weighted by molar-refractivity contribution is 5.77. The third-order valence-corrected chi connectivity index (χ3v) is 4.28. The second-order valence-corrected chi connectivity index (χ2v) is 6.05. The minimum Gasteiger partial charge on any atom is -0.374 e. The van der Waals surface area contributed by atoms with Crippen LogP contribution < -0.4 is 0 Å². The van der Waals surface area contributed by atoms with Crippen molar-refractivity contribution >= 4 is 5.91 Å². The first-order chi connectivity index (χ1) is 10.8. The normalized spacial score (nSPS) is 19.8. The van der Waals surface area contributed by atoms with Crippen molar-refractivity contribution in [3.05, 3.63) is 18.2 Å². The van der Waals surface area contributed by atoms with Gasteiger partial charge in [0.1, 0.15) is 0 Å². The molecule has 1 amide bonds. The highest BCUT2D eigenvalue weighted by atomic mass is 19.4. The molecule has 1 N–H and O–H groups in total. The lowest BCUT2D eigenvalue weighted by Crippen LogP contribution is -2.49. The number of alkyl halides is 3. The van der Waals surface area contributed by atoms with E-state index in [2.05, 4.69) is 4.98 Å². The molecule has 1 aromatic rings. The predicted molar refractivity (Wildman–Crippen MR) is 77.4 cm³/mol. The first kappa shape index (κ1) is 17.8. The Morgan fingerprint density at radius 1 is 1.22 bits per heavy atom. The number of likely N-dealkylation sites (tertiary alicyclic amines) is 1. The molecular formula is C15H22F3N3O2. The van der Waals surface area contributed by atoms with Crippen LogP contribution in [-0.2, 0) is 17.4 Å². The maximum absolute atomic E-state index is 13.4. The molecule has 2 heterocycles. The molecule has 0 bridgehead atoms. The molecule has 130 valence electrons. The van der Waals surface area contributed by atoms with E-state index >= 15 is 0 Å². The Kier molecular flexibility index (Phi) is 5.33. The third-order valence-electron chi connectivity index (χ3n) is 4.28. The zero-order valence-corrected chi connectivity index (χ0v) is 13.1. The Bertz CT molecular complexity index is 536. The zero-order valence-electron chi connectivity index (χ0n) is 13.1. The van der Waals surface area contributed by atoms with Crippen LogP contribution in [0.5, 0.6) is 0 Å². The first-order valence-corrected chi connectivity index (χ1v) is 7.80. The van der Waals surface area contributed by atoms with E-state index in [1.165, 1.54) is 24.3 Å². The van der Waals surface area contributed by atoms with Crippen LogP contribution in [0.15, 0.2) is 12.4 Å². The molecule has 1 aromatic heterocycles. The van der Waals surface area contributed by atoms with E-state index < -0.39 is 29.9 Å². The standard InChI is InChI=1S/C15H22F3N3O2/c1-20-10-7-19-13(20)14(23,15(16,17)18)11-12(22)21-8-5-3-2-4-6-9-21/h7,10,23H,2-6,8-9,11H2,1H3. The van der Waals surface area contributed by atoms with Gasteiger partial charge in [-0.1, -0.05) is 19.3 Å². The Labute approximate surface area is 133 Å². The van der Waals surface area contributed by atoms with Crippen molar-refractivity contribution in [2.75, 3.05) is 13.1 Å². The van der Waals surface area contributed by atoms with Crippen LogP contribution >= 0.6 is 0 Å². The summed E-state index contributed by atoms with van der Waals surface area (Å²) in [5.41, 5.74) is -3.27. The second-order valence-electron chi connectivity index (χ2n) is 6.05. The lowest BCUT2D eigenvalue weighted by molar-refractivity contribution is -0.272. The Balaban J connectivity index is 2.21. The molecule has 5 nitrogen and oxygen atoms in total. The van der Waals surface area contributed by atoms with Gasteiger partial charge in [0.15, 0.2) is 5.82 Å². The molecule has 1 saturated heterocycles. The van der Waals surface area contributed by atoms with Gasteiger partial charge in [-0.3, -0.25) is 4.79 Å². The van der Waals surface area contributed by atoms with Crippen molar-refractivity contribution in [2.24, 2.45) is 7.05 Å². The number of halogens is 3. The van der Waals surface area contributed by atoms with Gasteiger partial charge in [0, 0.05) is 32.5 Å². The fourth-order valence-electron chi connectivity index (χ4n) is 2.90. The van der Waals surface area contributed by atoms with Crippen molar-refractivity contribution in [1.29, 1.82) is 0 Å². The van der Waals surface area contributed by atoms with Crippen molar-refractivity contribution in [2.45, 2.75) is 50.3 Å². The van der Waals surface area contributed by atoms with Gasteiger partial charge in [-0.25, -0.2) is 4.98 Å². The summed E-state index contributed by atoms with van der Waals surface area (Å²) in [7, 11) is 1.36. The van der Waals surface area contributed by atoms with Gasteiger partial charge in [-0.15, -0.1) is 0 Å². The summed E-state index contributed by atoms with van der Waals surface area (Å²) < 4.78 is 41.4. The van der Waals surface area contributed by atoms with Crippen molar-refractivity contribution in [1.82, 2.24) is 14.5 Å². The lowest BCUT2D eigenvalue weighted by Gasteiger charge is -2.32. The number of hydrogen-bond donors (Lipinski definition) is 1. The van der Waals surface area contributed by atoms with Crippen LogP contribution in [0.4, 0.5) is 13.2 Å². The fraction of sp³-hybridized carbons (Fsp3) is 0.733. The molecule has 0 spiro atoms. The molecule has 23 heavy (non-hydrogen) atoms. The molecule has 1 aliphatic heterocycles. The maximum atomic E-state index is 13.4. The fourth-order valence-corrected chi connectivity index (χ4v) is 2.90. The number of nitrogens with zero attached hydrogens (tertiary/aromatic N) is 3. The predicted octanol–water partition coefficient (Wildman–Crippen LogP) is 2.35. The number of rotatable bonds is 3. The monoisotopic (exact) mass is 333 g/mol. The average Bonchev–Trinajstić information content (AvgIpc) is 2.83. The Morgan fingerprint density at radius 3 is 2.26 bits per heavy atom. The largest absolute Gasteiger partial charge is 0.425 e. The summed E-state index contributed by atoms with van der Waals surface area (Å²) in [5, 5.41) is 10.3. The molecule has 1 fully saturated rings. The molecule has 1 unspecified atom stereocenters. The van der Waals surface area contributed by atoms with Crippen LogP contribution in [0.2, 0.25) is 0 Å². The zero-order chi connectivity index (χ0) is 17.1. The molecule has 0 aliphatic carbocycles. The van der Waals surface area contributed by atoms with Gasteiger partial charge in [-0.05, 0) is 12.8 Å². The summed E-state index contributed by atoms with van der Waals surface area (Å²) in [6, 6.07) is 0. The Hall–Kier alpha value is -1.57. The molecule has 0 aromatic carbocycles. The van der Waals surface area contributed by atoms with E-state index in [9.17, 15) is 23.1 Å². The van der Waals surface area contributed by atoms with Crippen molar-refractivity contribution in [3.63, 3.8) is 0 Å². The smallest absolute Gasteiger partial charge is 0.374 e. The number of amides is 1. The SMILES string of the molecule is Cn1ccnc1C(O)(CC(=O)N1CCCCCCC1)C(F)(F)F. The van der Waals surface area contributed by atoms with Crippen LogP contribution in [-0.4, -0.2) is 44.7 Å². The van der Waals surface area contributed by atoms with E-state index in [-0.39, 0.29) is 0 Å². The number of imidazole rings is 1. The highest BCUT2D eigenvalue weighted by Crippen LogP contribution is 2.41. The highest BCUT2D eigenvalue weighted by Gasteiger charge is 2.59. The Morgan fingerprint density at radius 2 is 1.78 bits per heavy atom. The molecular weight excluding hydrogens is 311 g/mol. The van der Waals surface area contributed by atoms with Gasteiger partial charge >= 0.3 is 6.18 Å². The van der Waals surface area contributed by atoms with Crippen molar-refractivity contribution in [3.8, 4) is 0 Å². The first-order valence-electron chi connectivity index (χ1n) is 7.80. The maximum Gasteiger partial charge on any atom is 0.425 e. The van der Waals surface area contributed by atoms with Crippen LogP contribution in [0.3, 0.4) is 0 Å². The van der Waals surface area contributed by atoms with E-state index in [0.717, 1.165) is 36.7 Å². The molecule has 8 heteroatoms. The van der Waals surface area contributed by atoms with Crippen LogP contribution in [0.1, 0.15) is 44.3 Å². The summed E-state index contributed by atoms with van der Waals surface area (Å²) in [4.78, 5) is 17.4. The van der Waals surface area contributed by atoms with Gasteiger partial charge in [0.05, 0.1) is 6.42 Å². The molecule has 0 radical (unpaired) electrons. The molecule has 2 rings (SSSR count). The number of hydrogen-bond acceptors (Lipinski definition) is 3. The van der Waals surface area contributed by atoms with Gasteiger partial charge < -0.3 is 14.6 Å². The number of carbonyl (C=O) groups is 1. The number of carbonyl (C=O) groups excluding carboxylic acids is 1. The van der Waals surface area contributed by atoms with Crippen molar-refractivity contribution < 1.29 is 23.1 Å². The summed E-state index contributed by atoms with van der Waals surface area (Å²) in [6.07, 6.45) is 1.03. The average molecular weight is 333 g/mol. The van der Waals surface area contributed by atoms with Gasteiger partial charge in [0.25, 0.3) is 0 Å². The number of aromatic nitrogens is 2. The molecule has 1 atom stereocenters. The lowest BCUT2D eigenvalue weighted by atomic mass is 9.96. The van der Waals surface area contributed by atoms with Crippen LogP contribution in [0.25, 0.3) is 0 Å². The van der Waals surface area contributed by atoms with E-state index in [0.29, 0.717) is 13.1 Å². The topological polar surface area (TPSA) is 58.4 Å². The number of aryl methyl sites for hydroxylation is 1. The number of aliphatic hydroxyl groups is 1. The second kappa shape index (κ2) is 6.90. The third kappa shape index (κ3) is 3.85. The molecule has 1 aliphatic rings. The van der Waals surface area contributed by atoms with E-state index in [1.807, 2.05) is 0 Å². The quantitative estimate of drug-likeness (QED) is 0.924. The van der Waals surface area contributed by atoms with E-state index in [1.54, 1.807) is 0 Å². The van der Waals surface area contributed by atoms with Gasteiger partial charge in [0.2, 0.25) is 11.5 Å². The van der Waals surface area contributed by atoms with E-state index in [4.69, 9.17) is 0 Å².